The predicted octanol–water partition coefficient (Wildman–Crippen LogP) is 2.94. The SMILES string of the molecule is CCNC(=NCc1cc(OC)ccc1OC(F)F)NCCCOCC1CCCO1. The third kappa shape index (κ3) is 8.82. The molecule has 0 aliphatic carbocycles. The van der Waals surface area contributed by atoms with Crippen LogP contribution in [0.3, 0.4) is 0 Å². The maximum absolute atomic E-state index is 12.6. The molecule has 1 aromatic carbocycles. The summed E-state index contributed by atoms with van der Waals surface area (Å²) < 4.78 is 46.2. The number of methoxy groups -OCH3 is 1. The quantitative estimate of drug-likeness (QED) is 0.311. The van der Waals surface area contributed by atoms with Crippen molar-refractivity contribution in [3.05, 3.63) is 23.8 Å². The summed E-state index contributed by atoms with van der Waals surface area (Å²) in [4.78, 5) is 4.46. The molecule has 1 fully saturated rings. The first-order valence-corrected chi connectivity index (χ1v) is 9.95. The molecule has 2 rings (SSSR count). The molecule has 0 bridgehead atoms. The second kappa shape index (κ2) is 13.2. The van der Waals surface area contributed by atoms with Crippen LogP contribution in [0, 0.1) is 0 Å². The summed E-state index contributed by atoms with van der Waals surface area (Å²) in [5.41, 5.74) is 0.516. The van der Waals surface area contributed by atoms with Gasteiger partial charge in [0, 0.05) is 31.9 Å². The minimum atomic E-state index is -2.90. The van der Waals surface area contributed by atoms with Crippen LogP contribution in [0.15, 0.2) is 23.2 Å². The lowest BCUT2D eigenvalue weighted by Crippen LogP contribution is -2.38. The Kier molecular flexibility index (Phi) is 10.5. The first-order chi connectivity index (χ1) is 14.1. The maximum atomic E-state index is 12.6. The summed E-state index contributed by atoms with van der Waals surface area (Å²) in [6.07, 6.45) is 3.22. The van der Waals surface area contributed by atoms with E-state index >= 15 is 0 Å². The molecule has 7 nitrogen and oxygen atoms in total. The van der Waals surface area contributed by atoms with Crippen molar-refractivity contribution in [2.24, 2.45) is 4.99 Å². The van der Waals surface area contributed by atoms with Crippen LogP contribution in [-0.2, 0) is 16.0 Å². The summed E-state index contributed by atoms with van der Waals surface area (Å²) in [6.45, 7) is 2.69. The topological polar surface area (TPSA) is 73.3 Å². The van der Waals surface area contributed by atoms with Crippen molar-refractivity contribution in [2.45, 2.75) is 45.4 Å². The molecular weight excluding hydrogens is 384 g/mol. The molecule has 0 amide bonds. The fraction of sp³-hybridized carbons (Fsp3) is 0.650. The first-order valence-electron chi connectivity index (χ1n) is 9.95. The molecule has 1 saturated heterocycles. The van der Waals surface area contributed by atoms with E-state index in [0.717, 1.165) is 25.9 Å². The monoisotopic (exact) mass is 415 g/mol. The van der Waals surface area contributed by atoms with Crippen LogP contribution in [0.5, 0.6) is 11.5 Å². The van der Waals surface area contributed by atoms with Gasteiger partial charge in [-0.1, -0.05) is 0 Å². The number of guanidine groups is 1. The Balaban J connectivity index is 1.82. The van der Waals surface area contributed by atoms with E-state index in [0.29, 0.717) is 43.6 Å². The largest absolute Gasteiger partial charge is 0.497 e. The number of nitrogens with one attached hydrogen (secondary N) is 2. The minimum absolute atomic E-state index is 0.0860. The van der Waals surface area contributed by atoms with Crippen molar-refractivity contribution >= 4 is 5.96 Å². The van der Waals surface area contributed by atoms with Gasteiger partial charge < -0.3 is 29.6 Å². The molecule has 0 saturated carbocycles. The Morgan fingerprint density at radius 3 is 2.90 bits per heavy atom. The van der Waals surface area contributed by atoms with E-state index in [-0.39, 0.29) is 18.4 Å². The second-order valence-corrected chi connectivity index (χ2v) is 6.54. The second-order valence-electron chi connectivity index (χ2n) is 6.54. The average molecular weight is 415 g/mol. The molecule has 0 radical (unpaired) electrons. The lowest BCUT2D eigenvalue weighted by Gasteiger charge is -2.14. The van der Waals surface area contributed by atoms with Gasteiger partial charge in [0.2, 0.25) is 0 Å². The van der Waals surface area contributed by atoms with Crippen LogP contribution in [0.4, 0.5) is 8.78 Å². The average Bonchev–Trinajstić information content (AvgIpc) is 3.22. The third-order valence-electron chi connectivity index (χ3n) is 4.32. The summed E-state index contributed by atoms with van der Waals surface area (Å²) in [5, 5.41) is 6.35. The predicted molar refractivity (Wildman–Crippen MR) is 107 cm³/mol. The van der Waals surface area contributed by atoms with E-state index in [1.54, 1.807) is 12.1 Å². The van der Waals surface area contributed by atoms with E-state index in [9.17, 15) is 8.78 Å². The number of rotatable bonds is 12. The highest BCUT2D eigenvalue weighted by molar-refractivity contribution is 5.79. The van der Waals surface area contributed by atoms with Crippen molar-refractivity contribution in [2.75, 3.05) is 40.0 Å². The smallest absolute Gasteiger partial charge is 0.387 e. The van der Waals surface area contributed by atoms with Gasteiger partial charge in [0.1, 0.15) is 11.5 Å². The number of alkyl halides is 2. The molecule has 29 heavy (non-hydrogen) atoms. The van der Waals surface area contributed by atoms with Crippen LogP contribution in [0.2, 0.25) is 0 Å². The van der Waals surface area contributed by atoms with Gasteiger partial charge >= 0.3 is 6.61 Å². The fourth-order valence-electron chi connectivity index (χ4n) is 2.89. The fourth-order valence-corrected chi connectivity index (χ4v) is 2.89. The lowest BCUT2D eigenvalue weighted by atomic mass is 10.2. The molecule has 1 atom stereocenters. The summed E-state index contributed by atoms with van der Waals surface area (Å²) in [7, 11) is 1.52. The van der Waals surface area contributed by atoms with Crippen LogP contribution < -0.4 is 20.1 Å². The summed E-state index contributed by atoms with van der Waals surface area (Å²) >= 11 is 0. The van der Waals surface area contributed by atoms with Gasteiger partial charge in [-0.3, -0.25) is 0 Å². The molecule has 1 aliphatic rings. The highest BCUT2D eigenvalue weighted by Gasteiger charge is 2.15. The van der Waals surface area contributed by atoms with Gasteiger partial charge in [-0.2, -0.15) is 8.78 Å². The molecule has 1 unspecified atom stereocenters. The molecule has 9 heteroatoms. The molecule has 1 aliphatic heterocycles. The standard InChI is InChI=1S/C20H31F2N3O4/c1-3-23-20(24-9-5-10-27-14-17-6-4-11-28-17)25-13-15-12-16(26-2)7-8-18(15)29-19(21)22/h7-8,12,17,19H,3-6,9-11,13-14H2,1-2H3,(H2,23,24,25). The van der Waals surface area contributed by atoms with Gasteiger partial charge in [-0.05, 0) is 44.4 Å². The molecular formula is C20H31F2N3O4. The van der Waals surface area contributed by atoms with Crippen LogP contribution in [0.25, 0.3) is 0 Å². The van der Waals surface area contributed by atoms with Crippen molar-refractivity contribution in [3.63, 3.8) is 0 Å². The van der Waals surface area contributed by atoms with Crippen LogP contribution in [0.1, 0.15) is 31.7 Å². The first kappa shape index (κ1) is 23.2. The molecule has 1 aromatic rings. The minimum Gasteiger partial charge on any atom is -0.497 e. The maximum Gasteiger partial charge on any atom is 0.387 e. The van der Waals surface area contributed by atoms with Gasteiger partial charge in [0.15, 0.2) is 5.96 Å². The number of hydrogen-bond acceptors (Lipinski definition) is 5. The number of hydrogen-bond donors (Lipinski definition) is 2. The van der Waals surface area contributed by atoms with Crippen molar-refractivity contribution in [3.8, 4) is 11.5 Å². The molecule has 0 spiro atoms. The molecule has 0 aromatic heterocycles. The van der Waals surface area contributed by atoms with Gasteiger partial charge in [-0.25, -0.2) is 4.99 Å². The Labute approximate surface area is 170 Å². The zero-order valence-corrected chi connectivity index (χ0v) is 17.1. The zero-order valence-electron chi connectivity index (χ0n) is 17.1. The van der Waals surface area contributed by atoms with Crippen molar-refractivity contribution < 1.29 is 27.7 Å². The Morgan fingerprint density at radius 1 is 1.34 bits per heavy atom. The highest BCUT2D eigenvalue weighted by atomic mass is 19.3. The summed E-state index contributed by atoms with van der Waals surface area (Å²) in [6, 6.07) is 4.68. The molecule has 1 heterocycles. The van der Waals surface area contributed by atoms with Crippen molar-refractivity contribution in [1.82, 2.24) is 10.6 Å². The number of ether oxygens (including phenoxy) is 4. The Morgan fingerprint density at radius 2 is 2.21 bits per heavy atom. The lowest BCUT2D eigenvalue weighted by molar-refractivity contribution is -0.0504. The number of nitrogens with zero attached hydrogens (tertiary/aromatic N) is 1. The Bertz CT molecular complexity index is 626. The molecule has 2 N–H and O–H groups in total. The number of halogens is 2. The van der Waals surface area contributed by atoms with Gasteiger partial charge in [-0.15, -0.1) is 0 Å². The van der Waals surface area contributed by atoms with Crippen LogP contribution >= 0.6 is 0 Å². The third-order valence-corrected chi connectivity index (χ3v) is 4.32. The van der Waals surface area contributed by atoms with E-state index < -0.39 is 6.61 Å². The summed E-state index contributed by atoms with van der Waals surface area (Å²) in [5.74, 6) is 1.23. The van der Waals surface area contributed by atoms with E-state index in [1.807, 2.05) is 6.92 Å². The Hall–Kier alpha value is -2.13. The van der Waals surface area contributed by atoms with Gasteiger partial charge in [0.25, 0.3) is 0 Å². The molecule has 164 valence electrons. The van der Waals surface area contributed by atoms with Crippen molar-refractivity contribution in [1.29, 1.82) is 0 Å². The normalized spacial score (nSPS) is 16.9. The van der Waals surface area contributed by atoms with Crippen LogP contribution in [-0.4, -0.2) is 58.7 Å². The van der Waals surface area contributed by atoms with Gasteiger partial charge in [0.05, 0.1) is 26.4 Å². The number of benzene rings is 1. The van der Waals surface area contributed by atoms with E-state index in [2.05, 4.69) is 20.4 Å². The zero-order chi connectivity index (χ0) is 20.9. The van der Waals surface area contributed by atoms with E-state index in [4.69, 9.17) is 14.2 Å². The highest BCUT2D eigenvalue weighted by Crippen LogP contribution is 2.26. The number of aliphatic imine (C=N–C) groups is 1. The van der Waals surface area contributed by atoms with E-state index in [1.165, 1.54) is 13.2 Å².